The zero-order valence-corrected chi connectivity index (χ0v) is 11.1. The molecule has 0 aliphatic rings. The molecule has 0 radical (unpaired) electrons. The zero-order valence-electron chi connectivity index (χ0n) is 11.1. The molecule has 0 bridgehead atoms. The largest absolute Gasteiger partial charge is 0.497 e. The van der Waals surface area contributed by atoms with E-state index in [0.717, 1.165) is 23.7 Å². The van der Waals surface area contributed by atoms with Crippen molar-refractivity contribution in [3.8, 4) is 5.75 Å². The van der Waals surface area contributed by atoms with E-state index < -0.39 is 0 Å². The number of hydrogen-bond acceptors (Lipinski definition) is 4. The Hall–Kier alpha value is -1.42. The van der Waals surface area contributed by atoms with Gasteiger partial charge in [0, 0.05) is 25.8 Å². The van der Waals surface area contributed by atoms with Gasteiger partial charge in [-0.05, 0) is 26.0 Å². The van der Waals surface area contributed by atoms with Gasteiger partial charge in [0.25, 0.3) is 0 Å². The fourth-order valence-electron chi connectivity index (χ4n) is 1.75. The van der Waals surface area contributed by atoms with Crippen molar-refractivity contribution in [2.75, 3.05) is 38.0 Å². The molecule has 0 atom stereocenters. The molecule has 0 amide bonds. The van der Waals surface area contributed by atoms with Gasteiger partial charge >= 0.3 is 0 Å². The lowest BCUT2D eigenvalue weighted by molar-refractivity contribution is 0.204. The Balaban J connectivity index is 2.99. The minimum Gasteiger partial charge on any atom is -0.497 e. The van der Waals surface area contributed by atoms with Gasteiger partial charge in [-0.3, -0.25) is 0 Å². The standard InChI is InChI=1S/C13H22N2O2/c1-10(2)15(7-8-16-3)13-9-11(17-4)5-6-12(13)14/h5-6,9-10H,7-8,14H2,1-4H3. The smallest absolute Gasteiger partial charge is 0.121 e. The van der Waals surface area contributed by atoms with E-state index in [1.54, 1.807) is 14.2 Å². The number of hydrogen-bond donors (Lipinski definition) is 1. The molecular formula is C13H22N2O2. The summed E-state index contributed by atoms with van der Waals surface area (Å²) in [7, 11) is 3.36. The van der Waals surface area contributed by atoms with Gasteiger partial charge in [-0.2, -0.15) is 0 Å². The maximum atomic E-state index is 6.02. The van der Waals surface area contributed by atoms with Gasteiger partial charge in [0.1, 0.15) is 5.75 Å². The first-order valence-corrected chi connectivity index (χ1v) is 5.79. The average molecular weight is 238 g/mol. The van der Waals surface area contributed by atoms with Crippen molar-refractivity contribution in [3.63, 3.8) is 0 Å². The van der Waals surface area contributed by atoms with E-state index in [1.807, 2.05) is 18.2 Å². The van der Waals surface area contributed by atoms with Crippen LogP contribution in [-0.2, 0) is 4.74 Å². The molecule has 2 N–H and O–H groups in total. The van der Waals surface area contributed by atoms with Crippen molar-refractivity contribution in [3.05, 3.63) is 18.2 Å². The van der Waals surface area contributed by atoms with Crippen molar-refractivity contribution in [1.29, 1.82) is 0 Å². The lowest BCUT2D eigenvalue weighted by atomic mass is 10.2. The van der Waals surface area contributed by atoms with Crippen LogP contribution in [0.3, 0.4) is 0 Å². The predicted molar refractivity (Wildman–Crippen MR) is 71.8 cm³/mol. The maximum Gasteiger partial charge on any atom is 0.121 e. The number of nitrogen functional groups attached to an aromatic ring is 1. The molecule has 1 aromatic carbocycles. The second kappa shape index (κ2) is 6.35. The summed E-state index contributed by atoms with van der Waals surface area (Å²) in [6, 6.07) is 6.06. The molecular weight excluding hydrogens is 216 g/mol. The quantitative estimate of drug-likeness (QED) is 0.771. The zero-order chi connectivity index (χ0) is 12.8. The topological polar surface area (TPSA) is 47.7 Å². The van der Waals surface area contributed by atoms with Crippen LogP contribution in [-0.4, -0.2) is 33.4 Å². The van der Waals surface area contributed by atoms with E-state index in [2.05, 4.69) is 18.7 Å². The minimum absolute atomic E-state index is 0.361. The van der Waals surface area contributed by atoms with Crippen LogP contribution in [0.25, 0.3) is 0 Å². The number of methoxy groups -OCH3 is 2. The Labute approximate surface area is 103 Å². The van der Waals surface area contributed by atoms with E-state index in [4.69, 9.17) is 15.2 Å². The van der Waals surface area contributed by atoms with Crippen LogP contribution in [0.5, 0.6) is 5.75 Å². The Bertz CT molecular complexity index is 353. The van der Waals surface area contributed by atoms with Crippen LogP contribution in [0, 0.1) is 0 Å². The fraction of sp³-hybridized carbons (Fsp3) is 0.538. The molecule has 96 valence electrons. The predicted octanol–water partition coefficient (Wildman–Crippen LogP) is 2.14. The Morgan fingerprint density at radius 3 is 2.53 bits per heavy atom. The molecule has 4 heteroatoms. The molecule has 0 heterocycles. The number of anilines is 2. The van der Waals surface area contributed by atoms with E-state index in [-0.39, 0.29) is 0 Å². The van der Waals surface area contributed by atoms with Crippen LogP contribution < -0.4 is 15.4 Å². The van der Waals surface area contributed by atoms with Gasteiger partial charge < -0.3 is 20.1 Å². The molecule has 0 aliphatic heterocycles. The number of rotatable bonds is 6. The number of nitrogens with zero attached hydrogens (tertiary/aromatic N) is 1. The SMILES string of the molecule is COCCN(c1cc(OC)ccc1N)C(C)C. The molecule has 0 fully saturated rings. The molecule has 0 aromatic heterocycles. The van der Waals surface area contributed by atoms with Crippen LogP contribution in [0.4, 0.5) is 11.4 Å². The van der Waals surface area contributed by atoms with Gasteiger partial charge in [0.2, 0.25) is 0 Å². The number of ether oxygens (including phenoxy) is 2. The highest BCUT2D eigenvalue weighted by Gasteiger charge is 2.14. The Morgan fingerprint density at radius 2 is 2.00 bits per heavy atom. The van der Waals surface area contributed by atoms with Gasteiger partial charge in [0.15, 0.2) is 0 Å². The Morgan fingerprint density at radius 1 is 1.29 bits per heavy atom. The molecule has 0 saturated carbocycles. The molecule has 0 saturated heterocycles. The molecule has 0 spiro atoms. The van der Waals surface area contributed by atoms with E-state index in [9.17, 15) is 0 Å². The van der Waals surface area contributed by atoms with Gasteiger partial charge in [-0.25, -0.2) is 0 Å². The highest BCUT2D eigenvalue weighted by atomic mass is 16.5. The third kappa shape index (κ3) is 3.53. The fourth-order valence-corrected chi connectivity index (χ4v) is 1.75. The van der Waals surface area contributed by atoms with Crippen LogP contribution in [0.2, 0.25) is 0 Å². The molecule has 0 aliphatic carbocycles. The minimum atomic E-state index is 0.361. The summed E-state index contributed by atoms with van der Waals surface area (Å²) in [4.78, 5) is 2.21. The molecule has 17 heavy (non-hydrogen) atoms. The monoisotopic (exact) mass is 238 g/mol. The normalized spacial score (nSPS) is 10.6. The van der Waals surface area contributed by atoms with Crippen molar-refractivity contribution in [1.82, 2.24) is 0 Å². The maximum absolute atomic E-state index is 6.02. The summed E-state index contributed by atoms with van der Waals surface area (Å²) in [5.74, 6) is 0.817. The third-order valence-corrected chi connectivity index (χ3v) is 2.71. The first kappa shape index (κ1) is 13.6. The third-order valence-electron chi connectivity index (χ3n) is 2.71. The Kier molecular flexibility index (Phi) is 5.10. The summed E-state index contributed by atoms with van der Waals surface area (Å²) in [5.41, 5.74) is 7.77. The molecule has 1 rings (SSSR count). The van der Waals surface area contributed by atoms with Gasteiger partial charge in [0.05, 0.1) is 25.1 Å². The van der Waals surface area contributed by atoms with E-state index >= 15 is 0 Å². The van der Waals surface area contributed by atoms with Crippen molar-refractivity contribution in [2.45, 2.75) is 19.9 Å². The number of nitrogens with two attached hydrogens (primary N) is 1. The lowest BCUT2D eigenvalue weighted by Crippen LogP contribution is -2.34. The van der Waals surface area contributed by atoms with Crippen LogP contribution >= 0.6 is 0 Å². The van der Waals surface area contributed by atoms with Crippen LogP contribution in [0.15, 0.2) is 18.2 Å². The summed E-state index contributed by atoms with van der Waals surface area (Å²) < 4.78 is 10.4. The summed E-state index contributed by atoms with van der Waals surface area (Å²) in [6.45, 7) is 5.75. The van der Waals surface area contributed by atoms with Crippen molar-refractivity contribution in [2.24, 2.45) is 0 Å². The van der Waals surface area contributed by atoms with Crippen molar-refractivity contribution >= 4 is 11.4 Å². The second-order valence-corrected chi connectivity index (χ2v) is 4.20. The molecule has 0 unspecified atom stereocenters. The van der Waals surface area contributed by atoms with Gasteiger partial charge in [-0.15, -0.1) is 0 Å². The molecule has 4 nitrogen and oxygen atoms in total. The summed E-state index contributed by atoms with van der Waals surface area (Å²) >= 11 is 0. The first-order valence-electron chi connectivity index (χ1n) is 5.79. The van der Waals surface area contributed by atoms with Crippen LogP contribution in [0.1, 0.15) is 13.8 Å². The van der Waals surface area contributed by atoms with Crippen molar-refractivity contribution < 1.29 is 9.47 Å². The average Bonchev–Trinajstić information content (AvgIpc) is 2.31. The van der Waals surface area contributed by atoms with Gasteiger partial charge in [-0.1, -0.05) is 0 Å². The highest BCUT2D eigenvalue weighted by Crippen LogP contribution is 2.29. The lowest BCUT2D eigenvalue weighted by Gasteiger charge is -2.30. The van der Waals surface area contributed by atoms with E-state index in [0.29, 0.717) is 12.6 Å². The summed E-state index contributed by atoms with van der Waals surface area (Å²) in [6.07, 6.45) is 0. The number of benzene rings is 1. The summed E-state index contributed by atoms with van der Waals surface area (Å²) in [5, 5.41) is 0. The highest BCUT2D eigenvalue weighted by molar-refractivity contribution is 5.70. The first-order chi connectivity index (χ1) is 8.10. The molecule has 1 aromatic rings. The van der Waals surface area contributed by atoms with E-state index in [1.165, 1.54) is 0 Å². The second-order valence-electron chi connectivity index (χ2n) is 4.20.